The number of aryl methyl sites for hydroxylation is 1. The third kappa shape index (κ3) is 5.58. The first-order valence-electron chi connectivity index (χ1n) is 7.25. The third-order valence-corrected chi connectivity index (χ3v) is 4.47. The van der Waals surface area contributed by atoms with Gasteiger partial charge in [-0.05, 0) is 30.0 Å². The number of nitrogens with one attached hydrogen (secondary N) is 1. The highest BCUT2D eigenvalue weighted by atomic mass is 35.5. The van der Waals surface area contributed by atoms with Gasteiger partial charge in [-0.1, -0.05) is 6.07 Å². The van der Waals surface area contributed by atoms with Gasteiger partial charge in [0.1, 0.15) is 5.69 Å². The molecule has 3 heterocycles. The normalized spacial score (nSPS) is 14.7. The Kier molecular flexibility index (Phi) is 8.79. The Morgan fingerprint density at radius 2 is 2.04 bits per heavy atom. The Hall–Kier alpha value is -0.920. The van der Waals surface area contributed by atoms with E-state index in [2.05, 4.69) is 44.9 Å². The van der Waals surface area contributed by atoms with Crippen molar-refractivity contribution in [3.63, 3.8) is 0 Å². The molecule has 3 rings (SSSR count). The van der Waals surface area contributed by atoms with Crippen LogP contribution in [-0.2, 0) is 4.74 Å². The molecule has 1 saturated heterocycles. The van der Waals surface area contributed by atoms with Crippen LogP contribution in [0, 0.1) is 6.92 Å². The second-order valence-electron chi connectivity index (χ2n) is 5.12. The van der Waals surface area contributed by atoms with Crippen molar-refractivity contribution in [2.75, 3.05) is 44.7 Å². The lowest BCUT2D eigenvalue weighted by Crippen LogP contribution is -2.39. The lowest BCUT2D eigenvalue weighted by molar-refractivity contribution is 0.0398. The van der Waals surface area contributed by atoms with E-state index < -0.39 is 0 Å². The zero-order chi connectivity index (χ0) is 14.5. The van der Waals surface area contributed by atoms with Gasteiger partial charge in [-0.2, -0.15) is 0 Å². The molecule has 1 N–H and O–H groups in total. The van der Waals surface area contributed by atoms with E-state index in [1.54, 1.807) is 11.3 Å². The van der Waals surface area contributed by atoms with Crippen molar-refractivity contribution in [3.05, 3.63) is 29.1 Å². The van der Waals surface area contributed by atoms with E-state index in [0.29, 0.717) is 0 Å². The fourth-order valence-corrected chi connectivity index (χ4v) is 3.04. The van der Waals surface area contributed by atoms with Gasteiger partial charge in [-0.15, -0.1) is 46.3 Å². The number of hydrogen-bond acceptors (Lipinski definition) is 6. The monoisotopic (exact) mass is 376 g/mol. The molecular formula is C15H22Cl2N4OS. The van der Waals surface area contributed by atoms with Crippen LogP contribution in [-0.4, -0.2) is 54.5 Å². The van der Waals surface area contributed by atoms with Gasteiger partial charge in [0, 0.05) is 26.2 Å². The summed E-state index contributed by atoms with van der Waals surface area (Å²) in [5.74, 6) is 0.878. The molecule has 1 aliphatic rings. The summed E-state index contributed by atoms with van der Waals surface area (Å²) in [5.41, 5.74) is 2.08. The standard InChI is InChI=1S/C15H20N4OS.2ClH/c1-12-11-13(14-3-2-10-21-14)17-18-15(12)16-4-5-19-6-8-20-9-7-19;;/h2-3,10-11H,4-9H2,1H3,(H,16,18);2*1H. The third-order valence-electron chi connectivity index (χ3n) is 3.58. The highest BCUT2D eigenvalue weighted by Crippen LogP contribution is 2.24. The van der Waals surface area contributed by atoms with Crippen LogP contribution in [0.15, 0.2) is 23.6 Å². The minimum Gasteiger partial charge on any atom is -0.379 e. The van der Waals surface area contributed by atoms with Gasteiger partial charge >= 0.3 is 0 Å². The fraction of sp³-hybridized carbons (Fsp3) is 0.467. The van der Waals surface area contributed by atoms with E-state index in [1.165, 1.54) is 0 Å². The van der Waals surface area contributed by atoms with E-state index in [0.717, 1.165) is 61.3 Å². The molecule has 0 radical (unpaired) electrons. The van der Waals surface area contributed by atoms with Gasteiger partial charge in [0.15, 0.2) is 5.82 Å². The molecule has 1 aliphatic heterocycles. The number of hydrogen-bond donors (Lipinski definition) is 1. The molecule has 0 amide bonds. The maximum absolute atomic E-state index is 5.35. The smallest absolute Gasteiger partial charge is 0.151 e. The molecule has 0 aliphatic carbocycles. The van der Waals surface area contributed by atoms with Crippen LogP contribution in [0.1, 0.15) is 5.56 Å². The van der Waals surface area contributed by atoms with Gasteiger partial charge in [0.25, 0.3) is 0 Å². The second-order valence-corrected chi connectivity index (χ2v) is 6.07. The molecule has 128 valence electrons. The number of ether oxygens (including phenoxy) is 1. The summed E-state index contributed by atoms with van der Waals surface area (Å²) >= 11 is 1.69. The lowest BCUT2D eigenvalue weighted by atomic mass is 10.2. The van der Waals surface area contributed by atoms with Crippen molar-refractivity contribution in [1.82, 2.24) is 15.1 Å². The first-order valence-corrected chi connectivity index (χ1v) is 8.13. The Balaban J connectivity index is 0.00000132. The molecule has 2 aromatic rings. The summed E-state index contributed by atoms with van der Waals surface area (Å²) < 4.78 is 5.35. The molecule has 0 unspecified atom stereocenters. The molecule has 1 fully saturated rings. The van der Waals surface area contributed by atoms with E-state index >= 15 is 0 Å². The highest BCUT2D eigenvalue weighted by molar-refractivity contribution is 7.13. The van der Waals surface area contributed by atoms with E-state index in [1.807, 2.05) is 6.07 Å². The first kappa shape index (κ1) is 20.1. The van der Waals surface area contributed by atoms with Crippen LogP contribution < -0.4 is 5.32 Å². The van der Waals surface area contributed by atoms with Crippen LogP contribution >= 0.6 is 36.2 Å². The predicted molar refractivity (Wildman–Crippen MR) is 100 cm³/mol. The molecule has 8 heteroatoms. The topological polar surface area (TPSA) is 50.3 Å². The van der Waals surface area contributed by atoms with Crippen molar-refractivity contribution in [2.24, 2.45) is 0 Å². The molecular weight excluding hydrogens is 355 g/mol. The number of aromatic nitrogens is 2. The van der Waals surface area contributed by atoms with Crippen LogP contribution in [0.5, 0.6) is 0 Å². The summed E-state index contributed by atoms with van der Waals surface area (Å²) in [6, 6.07) is 6.20. The quantitative estimate of drug-likeness (QED) is 0.868. The number of rotatable bonds is 5. The maximum Gasteiger partial charge on any atom is 0.151 e. The number of thiophene rings is 1. The zero-order valence-electron chi connectivity index (χ0n) is 13.0. The van der Waals surface area contributed by atoms with Gasteiger partial charge in [-0.25, -0.2) is 0 Å². The molecule has 5 nitrogen and oxygen atoms in total. The van der Waals surface area contributed by atoms with E-state index in [-0.39, 0.29) is 24.8 Å². The number of nitrogens with zero attached hydrogens (tertiary/aromatic N) is 3. The summed E-state index contributed by atoms with van der Waals surface area (Å²) in [4.78, 5) is 3.56. The molecule has 23 heavy (non-hydrogen) atoms. The summed E-state index contributed by atoms with van der Waals surface area (Å²) in [6.07, 6.45) is 0. The maximum atomic E-state index is 5.35. The van der Waals surface area contributed by atoms with E-state index in [9.17, 15) is 0 Å². The van der Waals surface area contributed by atoms with Crippen molar-refractivity contribution in [3.8, 4) is 10.6 Å². The molecule has 0 atom stereocenters. The van der Waals surface area contributed by atoms with Gasteiger partial charge in [0.2, 0.25) is 0 Å². The zero-order valence-corrected chi connectivity index (χ0v) is 15.5. The average molecular weight is 377 g/mol. The Morgan fingerprint density at radius 1 is 1.26 bits per heavy atom. The molecule has 2 aromatic heterocycles. The fourth-order valence-electron chi connectivity index (χ4n) is 2.36. The van der Waals surface area contributed by atoms with Gasteiger partial charge < -0.3 is 10.1 Å². The molecule has 0 bridgehead atoms. The van der Waals surface area contributed by atoms with Crippen molar-refractivity contribution in [2.45, 2.75) is 6.92 Å². The van der Waals surface area contributed by atoms with E-state index in [4.69, 9.17) is 4.74 Å². The lowest BCUT2D eigenvalue weighted by Gasteiger charge is -2.26. The van der Waals surface area contributed by atoms with Crippen molar-refractivity contribution in [1.29, 1.82) is 0 Å². The number of halogens is 2. The van der Waals surface area contributed by atoms with Crippen LogP contribution in [0.4, 0.5) is 5.82 Å². The van der Waals surface area contributed by atoms with Crippen molar-refractivity contribution < 1.29 is 4.74 Å². The number of morpholine rings is 1. The van der Waals surface area contributed by atoms with Crippen LogP contribution in [0.3, 0.4) is 0 Å². The first-order chi connectivity index (χ1) is 10.3. The minimum atomic E-state index is 0. The number of anilines is 1. The summed E-state index contributed by atoms with van der Waals surface area (Å²) in [6.45, 7) is 7.68. The SMILES string of the molecule is Cc1cc(-c2cccs2)nnc1NCCN1CCOCC1.Cl.Cl. The second kappa shape index (κ2) is 10.1. The Labute approximate surface area is 153 Å². The Bertz CT molecular complexity index is 577. The van der Waals surface area contributed by atoms with Gasteiger partial charge in [0.05, 0.1) is 18.1 Å². The van der Waals surface area contributed by atoms with Crippen molar-refractivity contribution >= 4 is 42.0 Å². The summed E-state index contributed by atoms with van der Waals surface area (Å²) in [7, 11) is 0. The highest BCUT2D eigenvalue weighted by Gasteiger charge is 2.10. The Morgan fingerprint density at radius 3 is 2.70 bits per heavy atom. The van der Waals surface area contributed by atoms with Crippen LogP contribution in [0.2, 0.25) is 0 Å². The summed E-state index contributed by atoms with van der Waals surface area (Å²) in [5, 5.41) is 14.1. The average Bonchev–Trinajstić information content (AvgIpc) is 3.04. The minimum absolute atomic E-state index is 0. The van der Waals surface area contributed by atoms with Crippen LogP contribution in [0.25, 0.3) is 10.6 Å². The largest absolute Gasteiger partial charge is 0.379 e. The molecule has 0 aromatic carbocycles. The predicted octanol–water partition coefficient (Wildman–Crippen LogP) is 3.10. The molecule has 0 saturated carbocycles. The van der Waals surface area contributed by atoms with Gasteiger partial charge in [-0.3, -0.25) is 4.90 Å². The molecule has 0 spiro atoms.